The van der Waals surface area contributed by atoms with Crippen molar-refractivity contribution in [2.24, 2.45) is 0 Å². The molecule has 10 aromatic rings. The van der Waals surface area contributed by atoms with E-state index in [4.69, 9.17) is 9.97 Å². The van der Waals surface area contributed by atoms with E-state index in [0.29, 0.717) is 44.8 Å². The van der Waals surface area contributed by atoms with Gasteiger partial charge < -0.3 is 4.57 Å². The van der Waals surface area contributed by atoms with Gasteiger partial charge in [0.1, 0.15) is 0 Å². The average Bonchev–Trinajstić information content (AvgIpc) is 3.64. The van der Waals surface area contributed by atoms with Crippen molar-refractivity contribution in [3.63, 3.8) is 0 Å². The Labute approximate surface area is 371 Å². The van der Waals surface area contributed by atoms with E-state index in [0.717, 1.165) is 68.4 Å². The number of halogens is 6. The van der Waals surface area contributed by atoms with E-state index < -0.39 is 23.5 Å². The van der Waals surface area contributed by atoms with Gasteiger partial charge in [-0.3, -0.25) is 0 Å². The smallest absolute Gasteiger partial charge is 0.308 e. The van der Waals surface area contributed by atoms with Crippen LogP contribution in [0.25, 0.3) is 94.8 Å². The number of aryl methyl sites for hydroxylation is 2. The molecule has 2 aromatic heterocycles. The van der Waals surface area contributed by atoms with Crippen molar-refractivity contribution in [1.82, 2.24) is 14.5 Å². The molecule has 0 saturated carbocycles. The predicted octanol–water partition coefficient (Wildman–Crippen LogP) is 16.2. The molecule has 10 rings (SSSR count). The molecule has 0 atom stereocenters. The van der Waals surface area contributed by atoms with Gasteiger partial charge in [0.25, 0.3) is 0 Å². The molecule has 318 valence electrons. The number of aromatic nitrogens is 3. The number of alkyl halides is 6. The maximum Gasteiger partial charge on any atom is 0.416 e. The second-order valence-electron chi connectivity index (χ2n) is 16.2. The summed E-state index contributed by atoms with van der Waals surface area (Å²) < 4.78 is 89.7. The zero-order valence-electron chi connectivity index (χ0n) is 35.0. The summed E-state index contributed by atoms with van der Waals surface area (Å²) in [5.74, 6) is 0.235. The average molecular weight is 866 g/mol. The van der Waals surface area contributed by atoms with Gasteiger partial charge in [0, 0.05) is 38.6 Å². The molecular formula is C56H37F6N3. The van der Waals surface area contributed by atoms with Gasteiger partial charge in [0.15, 0.2) is 5.82 Å². The van der Waals surface area contributed by atoms with Crippen LogP contribution < -0.4 is 0 Å². The van der Waals surface area contributed by atoms with Crippen LogP contribution in [0.2, 0.25) is 0 Å². The second kappa shape index (κ2) is 16.1. The summed E-state index contributed by atoms with van der Waals surface area (Å²) >= 11 is 0. The van der Waals surface area contributed by atoms with Gasteiger partial charge in [0.2, 0.25) is 0 Å². The first-order valence-corrected chi connectivity index (χ1v) is 20.9. The fourth-order valence-corrected chi connectivity index (χ4v) is 8.80. The molecule has 0 amide bonds. The normalized spacial score (nSPS) is 12.0. The lowest BCUT2D eigenvalue weighted by atomic mass is 9.91. The number of fused-ring (bicyclic) bond motifs is 3. The van der Waals surface area contributed by atoms with Crippen LogP contribution in [-0.4, -0.2) is 14.5 Å². The van der Waals surface area contributed by atoms with Crippen LogP contribution in [0.4, 0.5) is 26.3 Å². The SMILES string of the molecule is Cc1cc(C)cc(-c2ccc3c(c2)c2ccccc2n3-c2c(-c3cccc(C(F)(F)F)c3)cc(-c3nc(-c4ccccc4)cc(-c4ccccc4)n3)cc2-c2cccc(C(F)(F)F)c2)c1. The highest BCUT2D eigenvalue weighted by Gasteiger charge is 2.33. The Kier molecular flexibility index (Phi) is 10.2. The molecule has 3 nitrogen and oxygen atoms in total. The lowest BCUT2D eigenvalue weighted by molar-refractivity contribution is -0.138. The summed E-state index contributed by atoms with van der Waals surface area (Å²) in [5.41, 5.74) is 8.47. The fourth-order valence-electron chi connectivity index (χ4n) is 8.80. The fraction of sp³-hybridized carbons (Fsp3) is 0.0714. The van der Waals surface area contributed by atoms with Crippen LogP contribution in [0.1, 0.15) is 22.3 Å². The summed E-state index contributed by atoms with van der Waals surface area (Å²) in [4.78, 5) is 10.1. The van der Waals surface area contributed by atoms with E-state index in [1.165, 1.54) is 12.1 Å². The van der Waals surface area contributed by atoms with Crippen molar-refractivity contribution in [2.75, 3.05) is 0 Å². The standard InChI is InChI=1S/C56H37F6N3/c1-34-25-35(2)27-41(26-34)38-23-24-52-48(30-38)45-21-9-10-22-51(45)65(52)53-46(39-17-11-19-43(28-39)55(57,58)59)31-42(32-47(53)40-18-12-20-44(29-40)56(60,61)62)54-63-49(36-13-5-3-6-14-36)33-50(64-54)37-15-7-4-8-16-37/h3-33H,1-2H3. The third-order valence-electron chi connectivity index (χ3n) is 11.7. The molecule has 2 heterocycles. The summed E-state index contributed by atoms with van der Waals surface area (Å²) in [7, 11) is 0. The van der Waals surface area contributed by atoms with Gasteiger partial charge in [0.05, 0.1) is 39.2 Å². The zero-order chi connectivity index (χ0) is 45.0. The van der Waals surface area contributed by atoms with Gasteiger partial charge in [-0.1, -0.05) is 139 Å². The molecule has 9 heteroatoms. The Hall–Kier alpha value is -7.78. The molecule has 0 bridgehead atoms. The number of hydrogen-bond donors (Lipinski definition) is 0. The first-order valence-electron chi connectivity index (χ1n) is 20.9. The number of para-hydroxylation sites is 1. The lowest BCUT2D eigenvalue weighted by Crippen LogP contribution is -2.07. The van der Waals surface area contributed by atoms with Crippen LogP contribution >= 0.6 is 0 Å². The van der Waals surface area contributed by atoms with Gasteiger partial charge >= 0.3 is 12.4 Å². The molecule has 0 spiro atoms. The highest BCUT2D eigenvalue weighted by Crippen LogP contribution is 2.46. The van der Waals surface area contributed by atoms with E-state index in [9.17, 15) is 26.3 Å². The van der Waals surface area contributed by atoms with Crippen molar-refractivity contribution in [1.29, 1.82) is 0 Å². The first-order chi connectivity index (χ1) is 31.3. The molecule has 8 aromatic carbocycles. The van der Waals surface area contributed by atoms with Gasteiger partial charge in [-0.15, -0.1) is 0 Å². The number of hydrogen-bond acceptors (Lipinski definition) is 2. The van der Waals surface area contributed by atoms with Crippen LogP contribution in [0, 0.1) is 13.8 Å². The summed E-state index contributed by atoms with van der Waals surface area (Å²) in [5, 5.41) is 1.71. The number of rotatable bonds is 7. The minimum absolute atomic E-state index is 0.199. The lowest BCUT2D eigenvalue weighted by Gasteiger charge is -2.22. The van der Waals surface area contributed by atoms with E-state index in [-0.39, 0.29) is 17.0 Å². The summed E-state index contributed by atoms with van der Waals surface area (Å²) in [6, 6.07) is 54.6. The maximum atomic E-state index is 14.6. The summed E-state index contributed by atoms with van der Waals surface area (Å²) in [6.45, 7) is 4.08. The van der Waals surface area contributed by atoms with Crippen LogP contribution in [0.15, 0.2) is 188 Å². The van der Waals surface area contributed by atoms with E-state index >= 15 is 0 Å². The number of benzene rings is 8. The van der Waals surface area contributed by atoms with Gasteiger partial charge in [-0.25, -0.2) is 9.97 Å². The van der Waals surface area contributed by atoms with E-state index in [1.54, 1.807) is 24.3 Å². The van der Waals surface area contributed by atoms with Crippen molar-refractivity contribution >= 4 is 21.8 Å². The molecule has 0 N–H and O–H groups in total. The minimum atomic E-state index is -4.69. The molecule has 0 aliphatic rings. The predicted molar refractivity (Wildman–Crippen MR) is 248 cm³/mol. The van der Waals surface area contributed by atoms with Crippen LogP contribution in [0.5, 0.6) is 0 Å². The molecule has 65 heavy (non-hydrogen) atoms. The van der Waals surface area contributed by atoms with Crippen molar-refractivity contribution in [3.8, 4) is 73.0 Å². The van der Waals surface area contributed by atoms with Crippen molar-refractivity contribution in [3.05, 3.63) is 210 Å². The maximum absolute atomic E-state index is 14.6. The van der Waals surface area contributed by atoms with E-state index in [1.807, 2.05) is 122 Å². The highest BCUT2D eigenvalue weighted by molar-refractivity contribution is 6.12. The Morgan fingerprint density at radius 1 is 0.369 bits per heavy atom. The summed E-state index contributed by atoms with van der Waals surface area (Å²) in [6.07, 6.45) is -9.38. The molecule has 0 radical (unpaired) electrons. The molecule has 0 fully saturated rings. The molecule has 0 aliphatic carbocycles. The quantitative estimate of drug-likeness (QED) is 0.149. The van der Waals surface area contributed by atoms with E-state index in [2.05, 4.69) is 24.3 Å². The highest BCUT2D eigenvalue weighted by atomic mass is 19.4. The Bertz CT molecular complexity index is 3270. The largest absolute Gasteiger partial charge is 0.416 e. The molecule has 0 unspecified atom stereocenters. The van der Waals surface area contributed by atoms with Crippen molar-refractivity contribution < 1.29 is 26.3 Å². The Morgan fingerprint density at radius 2 is 0.862 bits per heavy atom. The monoisotopic (exact) mass is 865 g/mol. The zero-order valence-corrected chi connectivity index (χ0v) is 35.0. The molecular weight excluding hydrogens is 829 g/mol. The van der Waals surface area contributed by atoms with Crippen LogP contribution in [-0.2, 0) is 12.4 Å². The minimum Gasteiger partial charge on any atom is -0.308 e. The molecule has 0 saturated heterocycles. The third-order valence-corrected chi connectivity index (χ3v) is 11.7. The molecule has 0 aliphatic heterocycles. The Morgan fingerprint density at radius 3 is 1.40 bits per heavy atom. The third kappa shape index (κ3) is 7.95. The second-order valence-corrected chi connectivity index (χ2v) is 16.2. The number of nitrogens with zero attached hydrogens (tertiary/aromatic N) is 3. The topological polar surface area (TPSA) is 30.7 Å². The van der Waals surface area contributed by atoms with Gasteiger partial charge in [-0.2, -0.15) is 26.3 Å². The van der Waals surface area contributed by atoms with Gasteiger partial charge in [-0.05, 0) is 96.8 Å². The van der Waals surface area contributed by atoms with Crippen molar-refractivity contribution in [2.45, 2.75) is 26.2 Å². The van der Waals surface area contributed by atoms with Crippen LogP contribution in [0.3, 0.4) is 0 Å². The Balaban J connectivity index is 1.34. The first kappa shape index (κ1) is 41.2.